The van der Waals surface area contributed by atoms with Crippen LogP contribution in [0.5, 0.6) is 0 Å². The van der Waals surface area contributed by atoms with Gasteiger partial charge in [-0.3, -0.25) is 4.79 Å². The Balaban J connectivity index is 1.75. The predicted molar refractivity (Wildman–Crippen MR) is 73.9 cm³/mol. The van der Waals surface area contributed by atoms with Crippen LogP contribution in [0.3, 0.4) is 0 Å². The standard InChI is InChI=1S/C13H11N7O/c1-9-15-5-4-11(18-9)13(21)19-12-3-2-10(6-16-12)20-8-14-7-17-20/h2-8H,1H3,(H,16,19,21). The molecule has 0 radical (unpaired) electrons. The maximum Gasteiger partial charge on any atom is 0.275 e. The largest absolute Gasteiger partial charge is 0.305 e. The van der Waals surface area contributed by atoms with Gasteiger partial charge in [0.2, 0.25) is 0 Å². The molecule has 0 aliphatic rings. The highest BCUT2D eigenvalue weighted by molar-refractivity contribution is 6.02. The molecule has 21 heavy (non-hydrogen) atoms. The second-order valence-electron chi connectivity index (χ2n) is 4.18. The second-order valence-corrected chi connectivity index (χ2v) is 4.18. The number of amides is 1. The van der Waals surface area contributed by atoms with Crippen molar-refractivity contribution in [3.05, 3.63) is 54.8 Å². The molecule has 0 bridgehead atoms. The van der Waals surface area contributed by atoms with Gasteiger partial charge in [-0.2, -0.15) is 5.10 Å². The Hall–Kier alpha value is -3.16. The first kappa shape index (κ1) is 12.9. The lowest BCUT2D eigenvalue weighted by Crippen LogP contribution is -2.15. The van der Waals surface area contributed by atoms with Crippen molar-refractivity contribution in [3.8, 4) is 5.69 Å². The number of nitrogens with one attached hydrogen (secondary N) is 1. The Morgan fingerprint density at radius 2 is 2.14 bits per heavy atom. The first-order valence-corrected chi connectivity index (χ1v) is 6.14. The zero-order valence-electron chi connectivity index (χ0n) is 11.1. The van der Waals surface area contributed by atoms with Crippen LogP contribution in [0.15, 0.2) is 43.2 Å². The van der Waals surface area contributed by atoms with Crippen molar-refractivity contribution < 1.29 is 4.79 Å². The molecular weight excluding hydrogens is 270 g/mol. The van der Waals surface area contributed by atoms with Gasteiger partial charge < -0.3 is 5.32 Å². The molecule has 0 saturated heterocycles. The lowest BCUT2D eigenvalue weighted by molar-refractivity contribution is 0.102. The summed E-state index contributed by atoms with van der Waals surface area (Å²) in [5, 5.41) is 6.67. The number of carbonyl (C=O) groups excluding carboxylic acids is 1. The molecule has 0 spiro atoms. The van der Waals surface area contributed by atoms with Crippen molar-refractivity contribution in [3.63, 3.8) is 0 Å². The van der Waals surface area contributed by atoms with Gasteiger partial charge in [0.1, 0.15) is 30.0 Å². The lowest BCUT2D eigenvalue weighted by Gasteiger charge is -2.05. The van der Waals surface area contributed by atoms with E-state index in [1.54, 1.807) is 48.5 Å². The Kier molecular flexibility index (Phi) is 3.34. The van der Waals surface area contributed by atoms with Gasteiger partial charge in [-0.1, -0.05) is 0 Å². The third-order valence-corrected chi connectivity index (χ3v) is 2.68. The predicted octanol–water partition coefficient (Wildman–Crippen LogP) is 1.01. The Morgan fingerprint density at radius 1 is 1.24 bits per heavy atom. The maximum absolute atomic E-state index is 12.0. The molecule has 0 aliphatic heterocycles. The minimum absolute atomic E-state index is 0.296. The molecule has 3 rings (SSSR count). The number of pyridine rings is 1. The van der Waals surface area contributed by atoms with Gasteiger partial charge in [0.05, 0.1) is 11.9 Å². The van der Waals surface area contributed by atoms with E-state index in [2.05, 4.69) is 30.4 Å². The molecule has 0 aliphatic carbocycles. The second kappa shape index (κ2) is 5.45. The van der Waals surface area contributed by atoms with Crippen molar-refractivity contribution in [1.29, 1.82) is 0 Å². The maximum atomic E-state index is 12.0. The van der Waals surface area contributed by atoms with E-state index >= 15 is 0 Å². The first-order chi connectivity index (χ1) is 10.2. The molecule has 3 aromatic heterocycles. The van der Waals surface area contributed by atoms with E-state index in [1.165, 1.54) is 6.33 Å². The van der Waals surface area contributed by atoms with Crippen LogP contribution in [0.1, 0.15) is 16.3 Å². The fourth-order valence-electron chi connectivity index (χ4n) is 1.70. The summed E-state index contributed by atoms with van der Waals surface area (Å²) in [6, 6.07) is 5.01. The fourth-order valence-corrected chi connectivity index (χ4v) is 1.70. The highest BCUT2D eigenvalue weighted by Gasteiger charge is 2.09. The summed E-state index contributed by atoms with van der Waals surface area (Å²) in [4.78, 5) is 28.0. The van der Waals surface area contributed by atoms with Gasteiger partial charge in [-0.25, -0.2) is 24.6 Å². The minimum atomic E-state index is -0.332. The molecule has 0 fully saturated rings. The van der Waals surface area contributed by atoms with Gasteiger partial charge in [-0.15, -0.1) is 0 Å². The molecule has 3 heterocycles. The van der Waals surface area contributed by atoms with Gasteiger partial charge in [-0.05, 0) is 25.1 Å². The van der Waals surface area contributed by atoms with E-state index in [1.807, 2.05) is 0 Å². The van der Waals surface area contributed by atoms with Crippen LogP contribution in [-0.2, 0) is 0 Å². The van der Waals surface area contributed by atoms with Crippen LogP contribution in [0, 0.1) is 6.92 Å². The smallest absolute Gasteiger partial charge is 0.275 e. The van der Waals surface area contributed by atoms with Gasteiger partial charge >= 0.3 is 0 Å². The molecule has 0 atom stereocenters. The number of aryl methyl sites for hydroxylation is 1. The van der Waals surface area contributed by atoms with Crippen LogP contribution in [-0.4, -0.2) is 35.6 Å². The summed E-state index contributed by atoms with van der Waals surface area (Å²) in [5.41, 5.74) is 1.05. The molecule has 3 aromatic rings. The summed E-state index contributed by atoms with van der Waals surface area (Å²) in [7, 11) is 0. The van der Waals surface area contributed by atoms with Gasteiger partial charge in [0.25, 0.3) is 5.91 Å². The number of carbonyl (C=O) groups is 1. The molecule has 1 N–H and O–H groups in total. The van der Waals surface area contributed by atoms with Crippen molar-refractivity contribution in [1.82, 2.24) is 29.7 Å². The fraction of sp³-hybridized carbons (Fsp3) is 0.0769. The number of hydrogen-bond donors (Lipinski definition) is 1. The Morgan fingerprint density at radius 3 is 2.81 bits per heavy atom. The van der Waals surface area contributed by atoms with E-state index in [9.17, 15) is 4.79 Å². The molecule has 8 heteroatoms. The Labute approximate surface area is 119 Å². The lowest BCUT2D eigenvalue weighted by atomic mass is 10.3. The SMILES string of the molecule is Cc1nccc(C(=O)Nc2ccc(-n3cncn3)cn2)n1. The third-order valence-electron chi connectivity index (χ3n) is 2.68. The summed E-state index contributed by atoms with van der Waals surface area (Å²) >= 11 is 0. The monoisotopic (exact) mass is 281 g/mol. The number of anilines is 1. The normalized spacial score (nSPS) is 10.3. The van der Waals surface area contributed by atoms with E-state index in [4.69, 9.17) is 0 Å². The van der Waals surface area contributed by atoms with E-state index in [0.717, 1.165) is 5.69 Å². The van der Waals surface area contributed by atoms with Crippen molar-refractivity contribution >= 4 is 11.7 Å². The third kappa shape index (κ3) is 2.89. The summed E-state index contributed by atoms with van der Waals surface area (Å²) < 4.78 is 1.58. The molecule has 0 unspecified atom stereocenters. The van der Waals surface area contributed by atoms with Gasteiger partial charge in [0.15, 0.2) is 0 Å². The number of hydrogen-bond acceptors (Lipinski definition) is 6. The minimum Gasteiger partial charge on any atom is -0.305 e. The van der Waals surface area contributed by atoms with Gasteiger partial charge in [0, 0.05) is 6.20 Å². The van der Waals surface area contributed by atoms with Crippen LogP contribution in [0.4, 0.5) is 5.82 Å². The quantitative estimate of drug-likeness (QED) is 0.769. The zero-order valence-corrected chi connectivity index (χ0v) is 11.1. The van der Waals surface area contributed by atoms with Crippen LogP contribution in [0.25, 0.3) is 5.69 Å². The highest BCUT2D eigenvalue weighted by Crippen LogP contribution is 2.09. The van der Waals surface area contributed by atoms with E-state index in [0.29, 0.717) is 17.3 Å². The molecule has 1 amide bonds. The molecule has 104 valence electrons. The average molecular weight is 281 g/mol. The molecule has 0 aromatic carbocycles. The van der Waals surface area contributed by atoms with Crippen molar-refractivity contribution in [2.75, 3.05) is 5.32 Å². The van der Waals surface area contributed by atoms with Crippen molar-refractivity contribution in [2.45, 2.75) is 6.92 Å². The van der Waals surface area contributed by atoms with E-state index < -0.39 is 0 Å². The van der Waals surface area contributed by atoms with Crippen LogP contribution >= 0.6 is 0 Å². The number of rotatable bonds is 3. The summed E-state index contributed by atoms with van der Waals surface area (Å²) in [5.74, 6) is 0.638. The zero-order chi connectivity index (χ0) is 14.7. The highest BCUT2D eigenvalue weighted by atomic mass is 16.1. The summed E-state index contributed by atoms with van der Waals surface area (Å²) in [6.07, 6.45) is 6.14. The Bertz CT molecular complexity index is 752. The topological polar surface area (TPSA) is 98.5 Å². The average Bonchev–Trinajstić information content (AvgIpc) is 3.02. The first-order valence-electron chi connectivity index (χ1n) is 6.14. The molecular formula is C13H11N7O. The van der Waals surface area contributed by atoms with Crippen LogP contribution in [0.2, 0.25) is 0 Å². The number of nitrogens with zero attached hydrogens (tertiary/aromatic N) is 6. The number of aromatic nitrogens is 6. The van der Waals surface area contributed by atoms with E-state index in [-0.39, 0.29) is 5.91 Å². The molecule has 8 nitrogen and oxygen atoms in total. The van der Waals surface area contributed by atoms with Crippen molar-refractivity contribution in [2.24, 2.45) is 0 Å². The summed E-state index contributed by atoms with van der Waals surface area (Å²) in [6.45, 7) is 1.72. The van der Waals surface area contributed by atoms with Crippen LogP contribution < -0.4 is 5.32 Å². The molecule has 0 saturated carbocycles.